The maximum absolute atomic E-state index is 13.3. The molecular formula is C26H28N4O4. The van der Waals surface area contributed by atoms with Crippen LogP contribution in [-0.2, 0) is 11.3 Å². The molecule has 2 aromatic carbocycles. The van der Waals surface area contributed by atoms with Crippen molar-refractivity contribution in [3.63, 3.8) is 0 Å². The molecule has 2 atom stereocenters. The van der Waals surface area contributed by atoms with Crippen LogP contribution in [-0.4, -0.2) is 41.1 Å². The zero-order valence-corrected chi connectivity index (χ0v) is 19.7. The third-order valence-electron chi connectivity index (χ3n) is 6.47. The molecule has 1 saturated heterocycles. The number of methoxy groups -OCH3 is 2. The van der Waals surface area contributed by atoms with Gasteiger partial charge in [-0.15, -0.1) is 0 Å². The monoisotopic (exact) mass is 460 g/mol. The summed E-state index contributed by atoms with van der Waals surface area (Å²) >= 11 is 0. The number of oxazole rings is 1. The fourth-order valence-corrected chi connectivity index (χ4v) is 4.52. The fourth-order valence-electron chi connectivity index (χ4n) is 4.52. The Bertz CT molecular complexity index is 1250. The maximum Gasteiger partial charge on any atom is 0.251 e. The Kier molecular flexibility index (Phi) is 5.75. The summed E-state index contributed by atoms with van der Waals surface area (Å²) in [6.07, 6.45) is 4.34. The Balaban J connectivity index is 1.32. The van der Waals surface area contributed by atoms with Crippen LogP contribution in [0.5, 0.6) is 11.5 Å². The second-order valence-corrected chi connectivity index (χ2v) is 8.56. The smallest absolute Gasteiger partial charge is 0.251 e. The lowest BCUT2D eigenvalue weighted by molar-refractivity contribution is -0.135. The Hall–Kier alpha value is -3.78. The number of aromatic nitrogens is 1. The van der Waals surface area contributed by atoms with Gasteiger partial charge < -0.3 is 23.8 Å². The Morgan fingerprint density at radius 3 is 2.65 bits per heavy atom. The Labute approximate surface area is 198 Å². The number of fused-ring (bicyclic) bond motifs is 1. The van der Waals surface area contributed by atoms with Crippen LogP contribution in [0.25, 0.3) is 11.5 Å². The number of hydrogen-bond acceptors (Lipinski definition) is 7. The summed E-state index contributed by atoms with van der Waals surface area (Å²) < 4.78 is 16.7. The van der Waals surface area contributed by atoms with E-state index in [1.807, 2.05) is 67.5 Å². The van der Waals surface area contributed by atoms with Gasteiger partial charge in [-0.2, -0.15) is 0 Å². The summed E-state index contributed by atoms with van der Waals surface area (Å²) in [4.78, 5) is 19.8. The highest BCUT2D eigenvalue weighted by atomic mass is 16.5. The first-order chi connectivity index (χ1) is 16.5. The van der Waals surface area contributed by atoms with Gasteiger partial charge in [0, 0.05) is 18.0 Å². The van der Waals surface area contributed by atoms with Crippen molar-refractivity contribution in [3.05, 3.63) is 77.4 Å². The zero-order valence-electron chi connectivity index (χ0n) is 19.7. The molecule has 0 bridgehead atoms. The quantitative estimate of drug-likeness (QED) is 0.593. The van der Waals surface area contributed by atoms with Gasteiger partial charge >= 0.3 is 0 Å². The van der Waals surface area contributed by atoms with Crippen molar-refractivity contribution >= 4 is 5.91 Å². The number of rotatable bonds is 6. The predicted molar refractivity (Wildman–Crippen MR) is 127 cm³/mol. The van der Waals surface area contributed by atoms with E-state index in [1.165, 1.54) is 0 Å². The van der Waals surface area contributed by atoms with Crippen LogP contribution in [0.1, 0.15) is 35.0 Å². The first-order valence-corrected chi connectivity index (χ1v) is 11.3. The normalized spacial score (nSPS) is 19.5. The van der Waals surface area contributed by atoms with E-state index < -0.39 is 0 Å². The van der Waals surface area contributed by atoms with Crippen LogP contribution in [0, 0.1) is 13.8 Å². The highest BCUT2D eigenvalue weighted by Gasteiger charge is 2.40. The highest BCUT2D eigenvalue weighted by molar-refractivity contribution is 5.84. The minimum atomic E-state index is -0.300. The molecule has 176 valence electrons. The number of hydrogen-bond donors (Lipinski definition) is 1. The minimum absolute atomic E-state index is 0.0141. The van der Waals surface area contributed by atoms with E-state index >= 15 is 0 Å². The third-order valence-corrected chi connectivity index (χ3v) is 6.47. The summed E-state index contributed by atoms with van der Waals surface area (Å²) in [6, 6.07) is 13.5. The number of nitrogens with one attached hydrogen (secondary N) is 1. The van der Waals surface area contributed by atoms with E-state index in [4.69, 9.17) is 18.9 Å². The first-order valence-electron chi connectivity index (χ1n) is 11.3. The molecule has 3 heterocycles. The van der Waals surface area contributed by atoms with Gasteiger partial charge in [0.2, 0.25) is 5.89 Å². The van der Waals surface area contributed by atoms with Crippen molar-refractivity contribution in [2.24, 2.45) is 0 Å². The average Bonchev–Trinajstić information content (AvgIpc) is 3.45. The van der Waals surface area contributed by atoms with Gasteiger partial charge in [0.15, 0.2) is 11.5 Å². The summed E-state index contributed by atoms with van der Waals surface area (Å²) in [5.41, 5.74) is 7.27. The third kappa shape index (κ3) is 3.90. The summed E-state index contributed by atoms with van der Waals surface area (Å²) in [6.45, 7) is 4.28. The van der Waals surface area contributed by atoms with Crippen LogP contribution in [0.15, 0.2) is 59.3 Å². The molecule has 3 aromatic rings. The lowest BCUT2D eigenvalue weighted by Gasteiger charge is -2.31. The molecule has 34 heavy (non-hydrogen) atoms. The standard InChI is InChI=1S/C26H28N4O4/c1-16-7-5-6-8-19(16)25-27-21(17(2)34-25)15-29-11-12-30-22(26(29)31)14-20(28-30)18-9-10-23(32-3)24(13-18)33-4/h5-13,20,22,28H,14-15H2,1-4H3. The summed E-state index contributed by atoms with van der Waals surface area (Å²) in [7, 11) is 3.23. The predicted octanol–water partition coefficient (Wildman–Crippen LogP) is 4.11. The molecule has 1 aromatic heterocycles. The van der Waals surface area contributed by atoms with Crippen molar-refractivity contribution in [3.8, 4) is 23.0 Å². The summed E-state index contributed by atoms with van der Waals surface area (Å²) in [5, 5.41) is 1.88. The molecule has 2 aliphatic rings. The Morgan fingerprint density at radius 2 is 1.88 bits per heavy atom. The van der Waals surface area contributed by atoms with E-state index in [0.717, 1.165) is 28.1 Å². The number of aryl methyl sites for hydroxylation is 2. The second kappa shape index (κ2) is 8.87. The fraction of sp³-hybridized carbons (Fsp3) is 0.308. The molecule has 1 fully saturated rings. The molecule has 2 aliphatic heterocycles. The molecule has 0 saturated carbocycles. The van der Waals surface area contributed by atoms with E-state index in [-0.39, 0.29) is 18.0 Å². The number of amides is 1. The van der Waals surface area contributed by atoms with Gasteiger partial charge in [-0.25, -0.2) is 10.4 Å². The second-order valence-electron chi connectivity index (χ2n) is 8.56. The van der Waals surface area contributed by atoms with Crippen LogP contribution in [0.3, 0.4) is 0 Å². The molecule has 0 aliphatic carbocycles. The highest BCUT2D eigenvalue weighted by Crippen LogP contribution is 2.36. The molecule has 8 nitrogen and oxygen atoms in total. The van der Waals surface area contributed by atoms with E-state index in [0.29, 0.717) is 30.4 Å². The molecule has 0 spiro atoms. The number of ether oxygens (including phenoxy) is 2. The van der Waals surface area contributed by atoms with E-state index in [9.17, 15) is 4.79 Å². The van der Waals surface area contributed by atoms with Crippen LogP contribution >= 0.6 is 0 Å². The lowest BCUT2D eigenvalue weighted by atomic mass is 10.0. The number of nitrogens with zero attached hydrogens (tertiary/aromatic N) is 3. The molecule has 0 radical (unpaired) electrons. The molecule has 1 N–H and O–H groups in total. The molecule has 2 unspecified atom stereocenters. The topological polar surface area (TPSA) is 80.1 Å². The van der Waals surface area contributed by atoms with Crippen molar-refractivity contribution in [1.29, 1.82) is 0 Å². The minimum Gasteiger partial charge on any atom is -0.493 e. The zero-order chi connectivity index (χ0) is 23.8. The molecule has 8 heteroatoms. The lowest BCUT2D eigenvalue weighted by Crippen LogP contribution is -2.47. The van der Waals surface area contributed by atoms with Gasteiger partial charge in [-0.05, 0) is 49.6 Å². The number of carbonyl (C=O) groups excluding carboxylic acids is 1. The van der Waals surface area contributed by atoms with E-state index in [1.54, 1.807) is 25.3 Å². The van der Waals surface area contributed by atoms with Crippen LogP contribution in [0.2, 0.25) is 0 Å². The largest absolute Gasteiger partial charge is 0.493 e. The van der Waals surface area contributed by atoms with Crippen molar-refractivity contribution in [1.82, 2.24) is 20.3 Å². The first kappa shape index (κ1) is 22.0. The molecule has 1 amide bonds. The summed E-state index contributed by atoms with van der Waals surface area (Å²) in [5.74, 6) is 2.67. The number of hydrazine groups is 1. The maximum atomic E-state index is 13.3. The number of carbonyl (C=O) groups is 1. The van der Waals surface area contributed by atoms with Gasteiger partial charge in [0.25, 0.3) is 5.91 Å². The van der Waals surface area contributed by atoms with Gasteiger partial charge in [0.1, 0.15) is 17.5 Å². The van der Waals surface area contributed by atoms with E-state index in [2.05, 4.69) is 5.43 Å². The Morgan fingerprint density at radius 1 is 1.09 bits per heavy atom. The SMILES string of the molecule is COc1ccc(C2CC3C(=O)N(Cc4nc(-c5ccccc5C)oc4C)C=CN3N2)cc1OC. The number of benzene rings is 2. The van der Waals surface area contributed by atoms with Crippen molar-refractivity contribution in [2.75, 3.05) is 14.2 Å². The van der Waals surface area contributed by atoms with Crippen molar-refractivity contribution < 1.29 is 18.7 Å². The van der Waals surface area contributed by atoms with Crippen LogP contribution in [0.4, 0.5) is 0 Å². The molecular weight excluding hydrogens is 432 g/mol. The average molecular weight is 461 g/mol. The van der Waals surface area contributed by atoms with Gasteiger partial charge in [-0.3, -0.25) is 4.79 Å². The van der Waals surface area contributed by atoms with Crippen molar-refractivity contribution in [2.45, 2.75) is 38.9 Å². The molecule has 5 rings (SSSR count). The van der Waals surface area contributed by atoms with Crippen LogP contribution < -0.4 is 14.9 Å². The van der Waals surface area contributed by atoms with Gasteiger partial charge in [-0.1, -0.05) is 24.3 Å². The van der Waals surface area contributed by atoms with Gasteiger partial charge in [0.05, 0.1) is 26.8 Å².